The van der Waals surface area contributed by atoms with E-state index in [-0.39, 0.29) is 5.91 Å². The standard InChI is InChI=1S/C19H23N3O/c1-14-7-9-22(10-8-14)17-11-16(12-20-13-17)19(23)21-18-6-4-3-5-15(18)2/h3-6,11-14H,7-10H2,1-2H3,(H,21,23). The van der Waals surface area contributed by atoms with Gasteiger partial charge in [-0.15, -0.1) is 0 Å². The fourth-order valence-corrected chi connectivity index (χ4v) is 2.90. The van der Waals surface area contributed by atoms with Crippen molar-refractivity contribution in [3.8, 4) is 0 Å². The molecule has 0 radical (unpaired) electrons. The zero-order valence-corrected chi connectivity index (χ0v) is 13.7. The molecule has 4 nitrogen and oxygen atoms in total. The first-order chi connectivity index (χ1) is 11.1. The van der Waals surface area contributed by atoms with Crippen LogP contribution in [0.25, 0.3) is 0 Å². The van der Waals surface area contributed by atoms with Crippen molar-refractivity contribution in [3.05, 3.63) is 53.9 Å². The number of amides is 1. The van der Waals surface area contributed by atoms with E-state index in [1.165, 1.54) is 12.8 Å². The first-order valence-electron chi connectivity index (χ1n) is 8.20. The Balaban J connectivity index is 1.74. The van der Waals surface area contributed by atoms with Gasteiger partial charge >= 0.3 is 0 Å². The van der Waals surface area contributed by atoms with E-state index in [9.17, 15) is 4.79 Å². The summed E-state index contributed by atoms with van der Waals surface area (Å²) in [5, 5.41) is 2.97. The van der Waals surface area contributed by atoms with E-state index in [0.29, 0.717) is 5.56 Å². The average Bonchev–Trinajstić information content (AvgIpc) is 2.58. The summed E-state index contributed by atoms with van der Waals surface area (Å²) in [7, 11) is 0. The molecular formula is C19H23N3O. The van der Waals surface area contributed by atoms with E-state index in [1.54, 1.807) is 6.20 Å². The Labute approximate surface area is 137 Å². The Hall–Kier alpha value is -2.36. The summed E-state index contributed by atoms with van der Waals surface area (Å²) in [6.07, 6.45) is 5.86. The molecule has 1 fully saturated rings. The lowest BCUT2D eigenvalue weighted by molar-refractivity contribution is 0.102. The van der Waals surface area contributed by atoms with Crippen molar-refractivity contribution in [2.75, 3.05) is 23.3 Å². The van der Waals surface area contributed by atoms with Crippen molar-refractivity contribution in [2.45, 2.75) is 26.7 Å². The highest BCUT2D eigenvalue weighted by Crippen LogP contribution is 2.23. The van der Waals surface area contributed by atoms with Gasteiger partial charge in [-0.25, -0.2) is 0 Å². The third-order valence-corrected chi connectivity index (χ3v) is 4.53. The first kappa shape index (κ1) is 15.5. The number of carbonyl (C=O) groups is 1. The molecule has 1 aliphatic rings. The van der Waals surface area contributed by atoms with Crippen LogP contribution in [0.15, 0.2) is 42.7 Å². The molecule has 0 atom stereocenters. The Morgan fingerprint density at radius 3 is 2.70 bits per heavy atom. The van der Waals surface area contributed by atoms with Crippen molar-refractivity contribution in [3.63, 3.8) is 0 Å². The molecule has 4 heteroatoms. The van der Waals surface area contributed by atoms with Crippen LogP contribution in [-0.4, -0.2) is 24.0 Å². The van der Waals surface area contributed by atoms with Crippen LogP contribution >= 0.6 is 0 Å². The highest BCUT2D eigenvalue weighted by atomic mass is 16.1. The van der Waals surface area contributed by atoms with Gasteiger partial charge in [0, 0.05) is 25.0 Å². The van der Waals surface area contributed by atoms with Crippen molar-refractivity contribution < 1.29 is 4.79 Å². The Kier molecular flexibility index (Phi) is 4.60. The summed E-state index contributed by atoms with van der Waals surface area (Å²) in [4.78, 5) is 19.1. The first-order valence-corrected chi connectivity index (χ1v) is 8.20. The van der Waals surface area contributed by atoms with Gasteiger partial charge in [0.25, 0.3) is 5.91 Å². The largest absolute Gasteiger partial charge is 0.370 e. The van der Waals surface area contributed by atoms with E-state index in [2.05, 4.69) is 22.1 Å². The lowest BCUT2D eigenvalue weighted by Gasteiger charge is -2.32. The fraction of sp³-hybridized carbons (Fsp3) is 0.368. The predicted octanol–water partition coefficient (Wildman–Crippen LogP) is 3.88. The highest BCUT2D eigenvalue weighted by Gasteiger charge is 2.17. The smallest absolute Gasteiger partial charge is 0.257 e. The van der Waals surface area contributed by atoms with Gasteiger partial charge in [-0.3, -0.25) is 9.78 Å². The molecule has 1 aromatic heterocycles. The van der Waals surface area contributed by atoms with Crippen LogP contribution in [0.2, 0.25) is 0 Å². The lowest BCUT2D eigenvalue weighted by Crippen LogP contribution is -2.33. The van der Waals surface area contributed by atoms with Crippen LogP contribution in [0.1, 0.15) is 35.7 Å². The van der Waals surface area contributed by atoms with E-state index < -0.39 is 0 Å². The van der Waals surface area contributed by atoms with Gasteiger partial charge in [-0.1, -0.05) is 25.1 Å². The van der Waals surface area contributed by atoms with E-state index in [1.807, 2.05) is 43.5 Å². The van der Waals surface area contributed by atoms with E-state index >= 15 is 0 Å². The molecule has 23 heavy (non-hydrogen) atoms. The van der Waals surface area contributed by atoms with Crippen LogP contribution < -0.4 is 10.2 Å². The SMILES string of the molecule is Cc1ccccc1NC(=O)c1cncc(N2CCC(C)CC2)c1. The number of benzene rings is 1. The van der Waals surface area contributed by atoms with Gasteiger partial charge in [-0.05, 0) is 43.4 Å². The number of hydrogen-bond donors (Lipinski definition) is 1. The van der Waals surface area contributed by atoms with E-state index in [4.69, 9.17) is 0 Å². The van der Waals surface area contributed by atoms with Crippen LogP contribution in [-0.2, 0) is 0 Å². The second-order valence-corrected chi connectivity index (χ2v) is 6.37. The van der Waals surface area contributed by atoms with Crippen LogP contribution in [0.3, 0.4) is 0 Å². The lowest BCUT2D eigenvalue weighted by atomic mass is 9.99. The molecule has 3 rings (SSSR count). The van der Waals surface area contributed by atoms with Crippen molar-refractivity contribution in [1.29, 1.82) is 0 Å². The van der Waals surface area contributed by atoms with E-state index in [0.717, 1.165) is 35.9 Å². The molecular weight excluding hydrogens is 286 g/mol. The zero-order chi connectivity index (χ0) is 16.2. The van der Waals surface area contributed by atoms with Crippen LogP contribution in [0, 0.1) is 12.8 Å². The van der Waals surface area contributed by atoms with Crippen molar-refractivity contribution in [1.82, 2.24) is 4.98 Å². The monoisotopic (exact) mass is 309 g/mol. The number of nitrogens with one attached hydrogen (secondary N) is 1. The summed E-state index contributed by atoms with van der Waals surface area (Å²) in [6, 6.07) is 9.73. The fourth-order valence-electron chi connectivity index (χ4n) is 2.90. The number of para-hydroxylation sites is 1. The quantitative estimate of drug-likeness (QED) is 0.936. The van der Waals surface area contributed by atoms with Gasteiger partial charge in [-0.2, -0.15) is 0 Å². The topological polar surface area (TPSA) is 45.2 Å². The molecule has 1 amide bonds. The molecule has 1 aromatic carbocycles. The number of carbonyl (C=O) groups excluding carboxylic acids is 1. The molecule has 0 spiro atoms. The second kappa shape index (κ2) is 6.82. The van der Waals surface area contributed by atoms with Gasteiger partial charge in [0.15, 0.2) is 0 Å². The summed E-state index contributed by atoms with van der Waals surface area (Å²) in [6.45, 7) is 6.35. The molecule has 0 aliphatic carbocycles. The highest BCUT2D eigenvalue weighted by molar-refractivity contribution is 6.04. The molecule has 2 aromatic rings. The number of rotatable bonds is 3. The molecule has 120 valence electrons. The number of aryl methyl sites for hydroxylation is 1. The van der Waals surface area contributed by atoms with Crippen molar-refractivity contribution >= 4 is 17.3 Å². The number of aromatic nitrogens is 1. The third-order valence-electron chi connectivity index (χ3n) is 4.53. The number of nitrogens with zero attached hydrogens (tertiary/aromatic N) is 2. The second-order valence-electron chi connectivity index (χ2n) is 6.37. The third kappa shape index (κ3) is 3.70. The number of pyridine rings is 1. The average molecular weight is 309 g/mol. The van der Waals surface area contributed by atoms with Gasteiger partial charge < -0.3 is 10.2 Å². The molecule has 0 saturated carbocycles. The molecule has 0 unspecified atom stereocenters. The molecule has 0 bridgehead atoms. The van der Waals surface area contributed by atoms with Gasteiger partial charge in [0.05, 0.1) is 17.4 Å². The van der Waals surface area contributed by atoms with Gasteiger partial charge in [0.1, 0.15) is 0 Å². The predicted molar refractivity (Wildman–Crippen MR) is 94.0 cm³/mol. The summed E-state index contributed by atoms with van der Waals surface area (Å²) in [5.74, 6) is 0.672. The Morgan fingerprint density at radius 1 is 1.22 bits per heavy atom. The molecule has 1 N–H and O–H groups in total. The molecule has 1 aliphatic heterocycles. The minimum Gasteiger partial charge on any atom is -0.370 e. The maximum absolute atomic E-state index is 12.5. The minimum absolute atomic E-state index is 0.112. The van der Waals surface area contributed by atoms with Gasteiger partial charge in [0.2, 0.25) is 0 Å². The summed E-state index contributed by atoms with van der Waals surface area (Å²) >= 11 is 0. The summed E-state index contributed by atoms with van der Waals surface area (Å²) in [5.41, 5.74) is 3.53. The normalized spacial score (nSPS) is 15.5. The maximum Gasteiger partial charge on any atom is 0.257 e. The molecule has 2 heterocycles. The Morgan fingerprint density at radius 2 is 1.96 bits per heavy atom. The summed E-state index contributed by atoms with van der Waals surface area (Å²) < 4.78 is 0. The number of hydrogen-bond acceptors (Lipinski definition) is 3. The Bertz CT molecular complexity index is 691. The molecule has 1 saturated heterocycles. The van der Waals surface area contributed by atoms with Crippen LogP contribution in [0.5, 0.6) is 0 Å². The minimum atomic E-state index is -0.112. The number of piperidine rings is 1. The zero-order valence-electron chi connectivity index (χ0n) is 13.7. The number of anilines is 2. The maximum atomic E-state index is 12.5. The van der Waals surface area contributed by atoms with Crippen molar-refractivity contribution in [2.24, 2.45) is 5.92 Å². The van der Waals surface area contributed by atoms with Crippen LogP contribution in [0.4, 0.5) is 11.4 Å².